The fourth-order valence-corrected chi connectivity index (χ4v) is 3.16. The van der Waals surface area contributed by atoms with Crippen LogP contribution in [0.25, 0.3) is 0 Å². The average molecular weight is 344 g/mol. The summed E-state index contributed by atoms with van der Waals surface area (Å²) in [6.07, 6.45) is 3.26. The number of anilines is 1. The molecule has 2 aromatic rings. The third-order valence-electron chi connectivity index (χ3n) is 4.39. The molecule has 7 heteroatoms. The SMILES string of the molecule is NC(=O)c1cc(NC(=O)[C@@H]2CCCN(Cc3cccc(F)c3)C2)c[nH]1. The number of nitrogens with zero attached hydrogens (tertiary/aromatic N) is 1. The molecule has 1 aliphatic rings. The molecule has 1 fully saturated rings. The number of likely N-dealkylation sites (tertiary alicyclic amines) is 1. The van der Waals surface area contributed by atoms with Gasteiger partial charge in [-0.1, -0.05) is 12.1 Å². The van der Waals surface area contributed by atoms with Crippen LogP contribution in [0.2, 0.25) is 0 Å². The van der Waals surface area contributed by atoms with E-state index in [1.165, 1.54) is 18.2 Å². The normalized spacial score (nSPS) is 18.0. The van der Waals surface area contributed by atoms with E-state index in [2.05, 4.69) is 15.2 Å². The van der Waals surface area contributed by atoms with Crippen LogP contribution < -0.4 is 11.1 Å². The number of hydrogen-bond acceptors (Lipinski definition) is 3. The Morgan fingerprint density at radius 3 is 2.92 bits per heavy atom. The van der Waals surface area contributed by atoms with Crippen LogP contribution in [0.1, 0.15) is 28.9 Å². The van der Waals surface area contributed by atoms with Crippen molar-refractivity contribution in [2.45, 2.75) is 19.4 Å². The third-order valence-corrected chi connectivity index (χ3v) is 4.39. The number of carbonyl (C=O) groups excluding carboxylic acids is 2. The van der Waals surface area contributed by atoms with E-state index in [-0.39, 0.29) is 23.3 Å². The monoisotopic (exact) mass is 344 g/mol. The van der Waals surface area contributed by atoms with Gasteiger partial charge in [0.25, 0.3) is 5.91 Å². The second kappa shape index (κ2) is 7.48. The average Bonchev–Trinajstić information content (AvgIpc) is 3.04. The summed E-state index contributed by atoms with van der Waals surface area (Å²) in [4.78, 5) is 28.4. The van der Waals surface area contributed by atoms with Crippen LogP contribution in [-0.4, -0.2) is 34.8 Å². The van der Waals surface area contributed by atoms with Crippen LogP contribution in [0.4, 0.5) is 10.1 Å². The highest BCUT2D eigenvalue weighted by Crippen LogP contribution is 2.21. The number of amides is 2. The number of benzene rings is 1. The second-order valence-corrected chi connectivity index (χ2v) is 6.36. The minimum Gasteiger partial charge on any atom is -0.364 e. The molecule has 25 heavy (non-hydrogen) atoms. The highest BCUT2D eigenvalue weighted by molar-refractivity contribution is 5.96. The Morgan fingerprint density at radius 1 is 1.36 bits per heavy atom. The Balaban J connectivity index is 1.58. The largest absolute Gasteiger partial charge is 0.364 e. The Bertz CT molecular complexity index is 774. The van der Waals surface area contributed by atoms with Crippen molar-refractivity contribution in [2.75, 3.05) is 18.4 Å². The van der Waals surface area contributed by atoms with Crippen molar-refractivity contribution in [3.63, 3.8) is 0 Å². The van der Waals surface area contributed by atoms with Gasteiger partial charge in [-0.3, -0.25) is 14.5 Å². The summed E-state index contributed by atoms with van der Waals surface area (Å²) in [5.74, 6) is -1.05. The van der Waals surface area contributed by atoms with Crippen molar-refractivity contribution >= 4 is 17.5 Å². The van der Waals surface area contributed by atoms with Gasteiger partial charge in [-0.05, 0) is 43.1 Å². The molecule has 0 spiro atoms. The number of H-pyrrole nitrogens is 1. The van der Waals surface area contributed by atoms with Gasteiger partial charge >= 0.3 is 0 Å². The van der Waals surface area contributed by atoms with Crippen molar-refractivity contribution in [3.05, 3.63) is 53.6 Å². The number of hydrogen-bond donors (Lipinski definition) is 3. The zero-order valence-electron chi connectivity index (χ0n) is 13.8. The molecule has 2 amide bonds. The van der Waals surface area contributed by atoms with Crippen molar-refractivity contribution in [2.24, 2.45) is 11.7 Å². The number of nitrogens with one attached hydrogen (secondary N) is 2. The van der Waals surface area contributed by atoms with Gasteiger partial charge in [-0.2, -0.15) is 0 Å². The van der Waals surface area contributed by atoms with Crippen molar-refractivity contribution in [1.29, 1.82) is 0 Å². The first-order valence-corrected chi connectivity index (χ1v) is 8.27. The summed E-state index contributed by atoms with van der Waals surface area (Å²) in [6, 6.07) is 8.05. The second-order valence-electron chi connectivity index (χ2n) is 6.36. The van der Waals surface area contributed by atoms with Gasteiger partial charge < -0.3 is 16.0 Å². The van der Waals surface area contributed by atoms with Crippen molar-refractivity contribution in [1.82, 2.24) is 9.88 Å². The molecule has 0 unspecified atom stereocenters. The maximum Gasteiger partial charge on any atom is 0.265 e. The van der Waals surface area contributed by atoms with Gasteiger partial charge in [-0.25, -0.2) is 4.39 Å². The smallest absolute Gasteiger partial charge is 0.265 e. The molecule has 0 bridgehead atoms. The molecule has 4 N–H and O–H groups in total. The Morgan fingerprint density at radius 2 is 2.20 bits per heavy atom. The maximum absolute atomic E-state index is 13.3. The highest BCUT2D eigenvalue weighted by atomic mass is 19.1. The Labute approximate surface area is 145 Å². The van der Waals surface area contributed by atoms with Crippen molar-refractivity contribution < 1.29 is 14.0 Å². The molecular weight excluding hydrogens is 323 g/mol. The van der Waals surface area contributed by atoms with Crippen LogP contribution in [0.15, 0.2) is 36.5 Å². The minimum atomic E-state index is -0.570. The molecule has 0 radical (unpaired) electrons. The molecule has 0 saturated carbocycles. The first-order valence-electron chi connectivity index (χ1n) is 8.27. The molecule has 3 rings (SSSR count). The summed E-state index contributed by atoms with van der Waals surface area (Å²) >= 11 is 0. The molecule has 1 saturated heterocycles. The zero-order valence-corrected chi connectivity index (χ0v) is 13.8. The number of aromatic nitrogens is 1. The van der Waals surface area contributed by atoms with Gasteiger partial charge in [0.1, 0.15) is 11.5 Å². The van der Waals surface area contributed by atoms with E-state index in [1.54, 1.807) is 12.3 Å². The van der Waals surface area contributed by atoms with Gasteiger partial charge in [0.05, 0.1) is 11.6 Å². The molecule has 1 aromatic heterocycles. The summed E-state index contributed by atoms with van der Waals surface area (Å²) in [5, 5.41) is 2.82. The van der Waals surface area contributed by atoms with Crippen molar-refractivity contribution in [3.8, 4) is 0 Å². The lowest BCUT2D eigenvalue weighted by Crippen LogP contribution is -2.40. The van der Waals surface area contributed by atoms with Crippen LogP contribution in [0.5, 0.6) is 0 Å². The topological polar surface area (TPSA) is 91.2 Å². The molecule has 1 atom stereocenters. The molecule has 1 aliphatic heterocycles. The molecule has 132 valence electrons. The predicted molar refractivity (Wildman–Crippen MR) is 92.3 cm³/mol. The van der Waals surface area contributed by atoms with E-state index < -0.39 is 5.91 Å². The number of piperidine rings is 1. The minimum absolute atomic E-state index is 0.0843. The number of aromatic amines is 1. The quantitative estimate of drug-likeness (QED) is 0.776. The van der Waals surface area contributed by atoms with E-state index in [1.807, 2.05) is 6.07 Å². The Hall–Kier alpha value is -2.67. The van der Waals surface area contributed by atoms with Crippen LogP contribution in [0.3, 0.4) is 0 Å². The molecule has 0 aliphatic carbocycles. The van der Waals surface area contributed by atoms with Crippen LogP contribution >= 0.6 is 0 Å². The van der Waals surface area contributed by atoms with E-state index in [0.717, 1.165) is 24.9 Å². The summed E-state index contributed by atoms with van der Waals surface area (Å²) < 4.78 is 13.3. The fraction of sp³-hybridized carbons (Fsp3) is 0.333. The lowest BCUT2D eigenvalue weighted by molar-refractivity contribution is -0.121. The lowest BCUT2D eigenvalue weighted by atomic mass is 9.96. The van der Waals surface area contributed by atoms with Gasteiger partial charge in [-0.15, -0.1) is 0 Å². The first kappa shape index (κ1) is 17.2. The number of nitrogens with two attached hydrogens (primary N) is 1. The lowest BCUT2D eigenvalue weighted by Gasteiger charge is -2.32. The molecule has 6 nitrogen and oxygen atoms in total. The van der Waals surface area contributed by atoms with Gasteiger partial charge in [0.2, 0.25) is 5.91 Å². The zero-order chi connectivity index (χ0) is 17.8. The number of halogens is 1. The van der Waals surface area contributed by atoms with E-state index in [0.29, 0.717) is 18.8 Å². The van der Waals surface area contributed by atoms with E-state index >= 15 is 0 Å². The fourth-order valence-electron chi connectivity index (χ4n) is 3.16. The molecule has 1 aromatic carbocycles. The van der Waals surface area contributed by atoms with Gasteiger partial charge in [0.15, 0.2) is 0 Å². The van der Waals surface area contributed by atoms with E-state index in [4.69, 9.17) is 5.73 Å². The maximum atomic E-state index is 13.3. The standard InChI is InChI=1S/C18H21FN4O2/c19-14-5-1-3-12(7-14)10-23-6-2-4-13(11-23)18(25)22-15-8-16(17(20)24)21-9-15/h1,3,5,7-9,13,21H,2,4,6,10-11H2,(H2,20,24)(H,22,25)/t13-/m1/s1. The summed E-state index contributed by atoms with van der Waals surface area (Å²) in [7, 11) is 0. The number of rotatable bonds is 5. The predicted octanol–water partition coefficient (Wildman–Crippen LogP) is 2.10. The summed E-state index contributed by atoms with van der Waals surface area (Å²) in [6.45, 7) is 2.13. The molecule has 2 heterocycles. The number of primary amides is 1. The first-order chi connectivity index (χ1) is 12.0. The summed E-state index contributed by atoms with van der Waals surface area (Å²) in [5.41, 5.74) is 6.87. The van der Waals surface area contributed by atoms with Crippen LogP contribution in [0, 0.1) is 11.7 Å². The highest BCUT2D eigenvalue weighted by Gasteiger charge is 2.26. The number of carbonyl (C=O) groups is 2. The van der Waals surface area contributed by atoms with Crippen LogP contribution in [-0.2, 0) is 11.3 Å². The third kappa shape index (κ3) is 4.45. The molecular formula is C18H21FN4O2. The van der Waals surface area contributed by atoms with E-state index in [9.17, 15) is 14.0 Å². The Kier molecular flexibility index (Phi) is 5.14. The van der Waals surface area contributed by atoms with Gasteiger partial charge in [0, 0.05) is 19.3 Å².